The summed E-state index contributed by atoms with van der Waals surface area (Å²) in [7, 11) is 0. The van der Waals surface area contributed by atoms with E-state index in [-0.39, 0.29) is 11.6 Å². The van der Waals surface area contributed by atoms with Gasteiger partial charge in [-0.25, -0.2) is 0 Å². The first kappa shape index (κ1) is 19.7. The average molecular weight is 264 g/mol. The molecule has 0 atom stereocenters. The Kier molecular flexibility index (Phi) is 10.1. The molecule has 0 aliphatic heterocycles. The number of nitrogens with zero attached hydrogens (tertiary/aromatic N) is 1. The third kappa shape index (κ3) is 8.44. The van der Waals surface area contributed by atoms with E-state index in [1.54, 1.807) is 6.92 Å². The fourth-order valence-corrected chi connectivity index (χ4v) is 1.17. The summed E-state index contributed by atoms with van der Waals surface area (Å²) in [6, 6.07) is 9.85. The fraction of sp³-hybridized carbons (Fsp3) is 0.278. The van der Waals surface area contributed by atoms with E-state index < -0.39 is 0 Å². The minimum absolute atomic E-state index is 0. The topological polar surface area (TPSA) is 58.8 Å². The number of nitriles is 1. The lowest BCUT2D eigenvalue weighted by Crippen LogP contribution is -2.10. The molecule has 1 aromatic carbocycles. The van der Waals surface area contributed by atoms with Crippen molar-refractivity contribution < 1.29 is 0 Å². The number of rotatable bonds is 0. The van der Waals surface area contributed by atoms with E-state index >= 15 is 0 Å². The highest BCUT2D eigenvalue weighted by Crippen LogP contribution is 2.21. The summed E-state index contributed by atoms with van der Waals surface area (Å²) >= 11 is 0. The van der Waals surface area contributed by atoms with Gasteiger partial charge in [-0.15, -0.1) is 6.42 Å². The summed E-state index contributed by atoms with van der Waals surface area (Å²) < 4.78 is 0. The second kappa shape index (κ2) is 10.3. The molecule has 1 rings (SSSR count). The summed E-state index contributed by atoms with van der Waals surface area (Å²) in [6.45, 7) is 8.20. The highest BCUT2D eigenvalue weighted by Gasteiger charge is 2.12. The lowest BCUT2D eigenvalue weighted by molar-refractivity contribution is 0.590. The average Bonchev–Trinajstić information content (AvgIpc) is 2.39. The molecule has 2 nitrogen and oxygen atoms in total. The summed E-state index contributed by atoms with van der Waals surface area (Å²) in [5, 5.41) is 8.58. The van der Waals surface area contributed by atoms with Gasteiger partial charge in [-0.05, 0) is 53.7 Å². The van der Waals surface area contributed by atoms with Crippen molar-refractivity contribution in [3.63, 3.8) is 0 Å². The molecule has 0 aliphatic carbocycles. The van der Waals surface area contributed by atoms with Gasteiger partial charge in [-0.3, -0.25) is 0 Å². The van der Waals surface area contributed by atoms with Gasteiger partial charge < -0.3 is 6.15 Å². The van der Waals surface area contributed by atoms with Crippen molar-refractivity contribution in [3.05, 3.63) is 35.4 Å². The molecule has 0 spiro atoms. The Bertz CT molecular complexity index is 595. The molecule has 0 aromatic heterocycles. The minimum Gasteiger partial charge on any atom is -0.344 e. The molecule has 0 unspecified atom stereocenters. The maximum atomic E-state index is 8.58. The molecule has 0 saturated heterocycles. The zero-order valence-electron chi connectivity index (χ0n) is 12.5. The van der Waals surface area contributed by atoms with Crippen LogP contribution in [0, 0.1) is 47.4 Å². The first-order valence-electron chi connectivity index (χ1n) is 5.83. The van der Waals surface area contributed by atoms with Gasteiger partial charge >= 0.3 is 0 Å². The Morgan fingerprint density at radius 3 is 1.90 bits per heavy atom. The lowest BCUT2D eigenvalue weighted by atomic mass is 9.87. The monoisotopic (exact) mass is 264 g/mol. The molecule has 0 aliphatic rings. The molecular weight excluding hydrogens is 244 g/mol. The van der Waals surface area contributed by atoms with Crippen molar-refractivity contribution in [1.29, 1.82) is 5.26 Å². The van der Waals surface area contributed by atoms with Crippen molar-refractivity contribution in [1.82, 2.24) is 6.15 Å². The van der Waals surface area contributed by atoms with Crippen LogP contribution in [0.4, 0.5) is 0 Å². The van der Waals surface area contributed by atoms with Crippen LogP contribution >= 0.6 is 0 Å². The van der Waals surface area contributed by atoms with Crippen LogP contribution in [0.1, 0.15) is 38.8 Å². The van der Waals surface area contributed by atoms with Crippen molar-refractivity contribution >= 4 is 0 Å². The van der Waals surface area contributed by atoms with E-state index in [1.807, 2.05) is 24.3 Å². The Balaban J connectivity index is 0. The molecule has 0 radical (unpaired) electrons. The Morgan fingerprint density at radius 2 is 1.55 bits per heavy atom. The van der Waals surface area contributed by atoms with Gasteiger partial charge in [0.2, 0.25) is 0 Å². The molecule has 0 heterocycles. The predicted molar refractivity (Wildman–Crippen MR) is 84.9 cm³/mol. The molecule has 3 N–H and O–H groups in total. The second-order valence-electron chi connectivity index (χ2n) is 4.71. The van der Waals surface area contributed by atoms with Crippen LogP contribution in [0.15, 0.2) is 24.3 Å². The summed E-state index contributed by atoms with van der Waals surface area (Å²) in [5.74, 6) is 12.0. The van der Waals surface area contributed by atoms with Crippen molar-refractivity contribution in [2.75, 3.05) is 0 Å². The largest absolute Gasteiger partial charge is 0.344 e. The molecular formula is C18H20N2. The van der Waals surface area contributed by atoms with Gasteiger partial charge in [0.15, 0.2) is 0 Å². The van der Waals surface area contributed by atoms with Crippen molar-refractivity contribution in [3.8, 4) is 42.1 Å². The van der Waals surface area contributed by atoms with Crippen molar-refractivity contribution in [2.45, 2.75) is 33.1 Å². The zero-order chi connectivity index (χ0) is 14.7. The summed E-state index contributed by atoms with van der Waals surface area (Å²) in [6.07, 6.45) is 4.78. The number of benzene rings is 1. The van der Waals surface area contributed by atoms with Crippen LogP contribution < -0.4 is 6.15 Å². The van der Waals surface area contributed by atoms with Crippen LogP contribution in [-0.4, -0.2) is 0 Å². The number of hydrogen-bond donors (Lipinski definition) is 1. The van der Waals surface area contributed by atoms with E-state index in [9.17, 15) is 0 Å². The predicted octanol–water partition coefficient (Wildman–Crippen LogP) is 3.66. The molecule has 1 aromatic rings. The first-order chi connectivity index (χ1) is 8.95. The highest BCUT2D eigenvalue weighted by atomic mass is 14.2. The number of hydrogen-bond acceptors (Lipinski definition) is 2. The molecule has 20 heavy (non-hydrogen) atoms. The summed E-state index contributed by atoms with van der Waals surface area (Å²) in [5.41, 5.74) is 2.16. The second-order valence-corrected chi connectivity index (χ2v) is 4.71. The van der Waals surface area contributed by atoms with E-state index in [4.69, 9.17) is 11.7 Å². The molecule has 0 bridgehead atoms. The van der Waals surface area contributed by atoms with E-state index in [2.05, 4.69) is 56.4 Å². The van der Waals surface area contributed by atoms with Crippen LogP contribution in [0.5, 0.6) is 0 Å². The van der Waals surface area contributed by atoms with E-state index in [1.165, 1.54) is 5.56 Å². The number of terminal acetylenes is 1. The quantitative estimate of drug-likeness (QED) is 0.727. The van der Waals surface area contributed by atoms with E-state index in [0.29, 0.717) is 0 Å². The van der Waals surface area contributed by atoms with Crippen LogP contribution in [0.3, 0.4) is 0 Å². The molecule has 0 fully saturated rings. The lowest BCUT2D eigenvalue weighted by Gasteiger charge is -2.18. The normalized spacial score (nSPS) is 7.70. The van der Waals surface area contributed by atoms with E-state index in [0.717, 1.165) is 5.56 Å². The maximum Gasteiger partial charge on any atom is 0.0991 e. The molecule has 0 saturated carbocycles. The van der Waals surface area contributed by atoms with Gasteiger partial charge in [0.05, 0.1) is 11.6 Å². The van der Waals surface area contributed by atoms with Crippen LogP contribution in [0.2, 0.25) is 0 Å². The minimum atomic E-state index is 0. The maximum absolute atomic E-state index is 8.58. The zero-order valence-corrected chi connectivity index (χ0v) is 12.5. The Hall–Kier alpha value is -2.65. The third-order valence-electron chi connectivity index (χ3n) is 2.20. The fourth-order valence-electron chi connectivity index (χ4n) is 1.17. The van der Waals surface area contributed by atoms with Gasteiger partial charge in [-0.2, -0.15) is 5.26 Å². The van der Waals surface area contributed by atoms with Crippen molar-refractivity contribution in [2.24, 2.45) is 0 Å². The highest BCUT2D eigenvalue weighted by molar-refractivity contribution is 5.34. The smallest absolute Gasteiger partial charge is 0.0991 e. The third-order valence-corrected chi connectivity index (χ3v) is 2.20. The standard InChI is InChI=1S/C11H13N.C7H4.H3N/c1-11(2,3)10-6-4-9(8-12)5-7-10;1-3-5-7-6-4-2;/h4-7H,1-3H3;1H,2H3;1H3. The van der Waals surface area contributed by atoms with Crippen LogP contribution in [-0.2, 0) is 5.41 Å². The van der Waals surface area contributed by atoms with Gasteiger partial charge in [0, 0.05) is 0 Å². The Labute approximate surface area is 122 Å². The summed E-state index contributed by atoms with van der Waals surface area (Å²) in [4.78, 5) is 0. The molecule has 0 amide bonds. The van der Waals surface area contributed by atoms with Crippen LogP contribution in [0.25, 0.3) is 0 Å². The van der Waals surface area contributed by atoms with Gasteiger partial charge in [0.25, 0.3) is 0 Å². The SMILES string of the molecule is C#CC#CC#CC.CC(C)(C)c1ccc(C#N)cc1.N. The molecule has 2 heteroatoms. The van der Waals surface area contributed by atoms with Gasteiger partial charge in [-0.1, -0.05) is 38.8 Å². The van der Waals surface area contributed by atoms with Gasteiger partial charge in [0.1, 0.15) is 0 Å². The molecule has 102 valence electrons. The first-order valence-corrected chi connectivity index (χ1v) is 5.83. The Morgan fingerprint density at radius 1 is 1.00 bits per heavy atom.